The molecule has 4 rings (SSSR count). The summed E-state index contributed by atoms with van der Waals surface area (Å²) in [4.78, 5) is 42.5. The fourth-order valence-corrected chi connectivity index (χ4v) is 4.14. The zero-order valence-corrected chi connectivity index (χ0v) is 21.9. The predicted octanol–water partition coefficient (Wildman–Crippen LogP) is 4.05. The van der Waals surface area contributed by atoms with Crippen LogP contribution in [-0.2, 0) is 20.6 Å². The van der Waals surface area contributed by atoms with Crippen molar-refractivity contribution in [3.05, 3.63) is 79.2 Å². The van der Waals surface area contributed by atoms with E-state index in [0.717, 1.165) is 11.1 Å². The van der Waals surface area contributed by atoms with Gasteiger partial charge in [-0.1, -0.05) is 18.2 Å². The van der Waals surface area contributed by atoms with Crippen molar-refractivity contribution in [3.8, 4) is 22.3 Å². The first kappa shape index (κ1) is 27.3. The van der Waals surface area contributed by atoms with Gasteiger partial charge in [-0.05, 0) is 49.5 Å². The first-order chi connectivity index (χ1) is 18.0. The second-order valence-electron chi connectivity index (χ2n) is 8.84. The largest absolute Gasteiger partial charge is 0.471 e. The Labute approximate surface area is 218 Å². The number of carbonyl (C=O) groups is 1. The van der Waals surface area contributed by atoms with Gasteiger partial charge in [-0.15, -0.1) is 0 Å². The Bertz CT molecular complexity index is 1550. The van der Waals surface area contributed by atoms with Gasteiger partial charge in [-0.3, -0.25) is 9.32 Å². The van der Waals surface area contributed by atoms with Gasteiger partial charge < -0.3 is 24.2 Å². The van der Waals surface area contributed by atoms with Crippen LogP contribution in [0.15, 0.2) is 73.2 Å². The smallest absolute Gasteiger partial charge is 0.312 e. The second kappa shape index (κ2) is 11.3. The van der Waals surface area contributed by atoms with Gasteiger partial charge in [-0.2, -0.15) is 4.39 Å². The van der Waals surface area contributed by atoms with Gasteiger partial charge in [0.15, 0.2) is 0 Å². The third kappa shape index (κ3) is 6.58. The highest BCUT2D eigenvalue weighted by Crippen LogP contribution is 2.38. The monoisotopic (exact) mass is 539 g/mol. The van der Waals surface area contributed by atoms with Crippen LogP contribution in [0.4, 0.5) is 10.1 Å². The number of fused-ring (bicyclic) bond motifs is 1. The summed E-state index contributed by atoms with van der Waals surface area (Å²) in [6, 6.07) is 12.1. The first-order valence-electron chi connectivity index (χ1n) is 11.5. The molecule has 38 heavy (non-hydrogen) atoms. The van der Waals surface area contributed by atoms with E-state index in [1.54, 1.807) is 36.5 Å². The number of likely N-dealkylation sites (N-methyl/N-ethyl adjacent to an activating group) is 2. The lowest BCUT2D eigenvalue weighted by atomic mass is 10.0. The highest BCUT2D eigenvalue weighted by molar-refractivity contribution is 7.46. The molecule has 0 spiro atoms. The molecule has 0 unspecified atom stereocenters. The van der Waals surface area contributed by atoms with E-state index in [2.05, 4.69) is 14.5 Å². The predicted molar refractivity (Wildman–Crippen MR) is 143 cm³/mol. The number of hydrogen-bond acceptors (Lipinski definition) is 6. The molecule has 0 aliphatic rings. The minimum absolute atomic E-state index is 0.165. The van der Waals surface area contributed by atoms with E-state index in [0.29, 0.717) is 34.4 Å². The van der Waals surface area contributed by atoms with Gasteiger partial charge in [0, 0.05) is 66.5 Å². The topological polar surface area (TPSA) is 121 Å². The van der Waals surface area contributed by atoms with Crippen LogP contribution in [0.2, 0.25) is 0 Å². The number of benzene rings is 1. The number of phosphoric ester groups is 1. The molecule has 0 radical (unpaired) electrons. The molecule has 1 aromatic carbocycles. The van der Waals surface area contributed by atoms with Crippen LogP contribution in [0.1, 0.15) is 0 Å². The van der Waals surface area contributed by atoms with Crippen molar-refractivity contribution in [2.24, 2.45) is 0 Å². The fraction of sp³-hybridized carbons (Fsp3) is 0.192. The molecule has 1 amide bonds. The van der Waals surface area contributed by atoms with E-state index >= 15 is 0 Å². The Morgan fingerprint density at radius 1 is 1.11 bits per heavy atom. The van der Waals surface area contributed by atoms with Crippen LogP contribution >= 0.6 is 7.82 Å². The number of hydrogen-bond donors (Lipinski definition) is 2. The molecular weight excluding hydrogens is 512 g/mol. The Kier molecular flexibility index (Phi) is 8.15. The molecule has 0 saturated carbocycles. The molecule has 3 heterocycles. The molecule has 0 atom stereocenters. The molecule has 0 bridgehead atoms. The summed E-state index contributed by atoms with van der Waals surface area (Å²) in [5.74, 6) is -0.833. The summed E-state index contributed by atoms with van der Waals surface area (Å²) in [5.41, 5.74) is 3.70. The third-order valence-electron chi connectivity index (χ3n) is 5.74. The average Bonchev–Trinajstić information content (AvgIpc) is 3.24. The van der Waals surface area contributed by atoms with Crippen molar-refractivity contribution in [2.45, 2.75) is 6.73 Å². The van der Waals surface area contributed by atoms with E-state index in [-0.39, 0.29) is 5.91 Å². The summed E-state index contributed by atoms with van der Waals surface area (Å²) >= 11 is 0. The number of halogens is 1. The van der Waals surface area contributed by atoms with Crippen molar-refractivity contribution in [1.82, 2.24) is 19.4 Å². The highest BCUT2D eigenvalue weighted by atomic mass is 31.2. The Morgan fingerprint density at radius 3 is 2.61 bits per heavy atom. The van der Waals surface area contributed by atoms with Crippen molar-refractivity contribution in [2.75, 3.05) is 32.6 Å². The van der Waals surface area contributed by atoms with E-state index in [9.17, 15) is 13.8 Å². The van der Waals surface area contributed by atoms with Gasteiger partial charge >= 0.3 is 7.82 Å². The molecule has 4 aromatic rings. The van der Waals surface area contributed by atoms with E-state index in [4.69, 9.17) is 9.79 Å². The molecule has 0 aliphatic heterocycles. The summed E-state index contributed by atoms with van der Waals surface area (Å²) in [6.07, 6.45) is 7.87. The molecular formula is C26H27FN5O5P. The SMILES string of the molecule is CN(C)C/C=C/C(=O)N(C)c1cccc(-c2cnc3c(c2)c(-c2ccnc(F)c2)cn3COP(=O)(O)O)c1. The maximum atomic E-state index is 13.9. The molecule has 10 nitrogen and oxygen atoms in total. The molecule has 12 heteroatoms. The quantitative estimate of drug-likeness (QED) is 0.186. The minimum Gasteiger partial charge on any atom is -0.312 e. The highest BCUT2D eigenvalue weighted by Gasteiger charge is 2.18. The van der Waals surface area contributed by atoms with Crippen LogP contribution in [0.25, 0.3) is 33.3 Å². The lowest BCUT2D eigenvalue weighted by Gasteiger charge is -2.17. The van der Waals surface area contributed by atoms with E-state index < -0.39 is 20.5 Å². The van der Waals surface area contributed by atoms with Crippen molar-refractivity contribution in [3.63, 3.8) is 0 Å². The third-order valence-corrected chi connectivity index (χ3v) is 6.20. The lowest BCUT2D eigenvalue weighted by molar-refractivity contribution is -0.113. The van der Waals surface area contributed by atoms with Gasteiger partial charge in [0.05, 0.1) is 0 Å². The number of nitrogens with zero attached hydrogens (tertiary/aromatic N) is 5. The molecule has 198 valence electrons. The van der Waals surface area contributed by atoms with E-state index in [1.807, 2.05) is 49.3 Å². The number of rotatable bonds is 9. The van der Waals surface area contributed by atoms with E-state index in [1.165, 1.54) is 22.9 Å². The van der Waals surface area contributed by atoms with Crippen LogP contribution in [0.3, 0.4) is 0 Å². The fourth-order valence-electron chi connectivity index (χ4n) is 3.86. The van der Waals surface area contributed by atoms with Gasteiger partial charge in [0.25, 0.3) is 0 Å². The summed E-state index contributed by atoms with van der Waals surface area (Å²) in [5, 5.41) is 0.615. The number of anilines is 1. The molecule has 0 aliphatic carbocycles. The molecule has 0 saturated heterocycles. The number of phosphoric acid groups is 1. The Morgan fingerprint density at radius 2 is 1.89 bits per heavy atom. The first-order valence-corrected chi connectivity index (χ1v) is 13.0. The van der Waals surface area contributed by atoms with Crippen LogP contribution in [0.5, 0.6) is 0 Å². The number of carbonyl (C=O) groups excluding carboxylic acids is 1. The zero-order chi connectivity index (χ0) is 27.4. The molecule has 2 N–H and O–H groups in total. The normalized spacial score (nSPS) is 12.1. The molecule has 0 fully saturated rings. The maximum Gasteiger partial charge on any atom is 0.471 e. The Balaban J connectivity index is 1.73. The van der Waals surface area contributed by atoms with Crippen molar-refractivity contribution < 1.29 is 28.1 Å². The number of pyridine rings is 2. The Hall–Kier alpha value is -3.73. The van der Waals surface area contributed by atoms with Crippen LogP contribution in [0, 0.1) is 5.95 Å². The van der Waals surface area contributed by atoms with Gasteiger partial charge in [0.1, 0.15) is 12.4 Å². The zero-order valence-electron chi connectivity index (χ0n) is 21.0. The average molecular weight is 540 g/mol. The van der Waals surface area contributed by atoms with Gasteiger partial charge in [-0.25, -0.2) is 14.5 Å². The number of aromatic nitrogens is 3. The van der Waals surface area contributed by atoms with Crippen LogP contribution < -0.4 is 4.90 Å². The summed E-state index contributed by atoms with van der Waals surface area (Å²) in [7, 11) is 0.802. The van der Waals surface area contributed by atoms with Crippen LogP contribution in [-0.4, -0.2) is 62.8 Å². The lowest BCUT2D eigenvalue weighted by Crippen LogP contribution is -2.24. The summed E-state index contributed by atoms with van der Waals surface area (Å²) < 4.78 is 31.3. The standard InChI is InChI=1S/C26H27FN5O5P/c1-30(2)11-5-8-25(33)31(3)21-7-4-6-18(12-21)20-13-22-23(19-9-10-28-24(27)14-19)16-32(26(22)29-15-20)17-37-38(34,35)36/h4-10,12-16H,11,17H2,1-3H3,(H2,34,35,36)/b8-5+. The van der Waals surface area contributed by atoms with Crippen molar-refractivity contribution in [1.29, 1.82) is 0 Å². The number of amides is 1. The summed E-state index contributed by atoms with van der Waals surface area (Å²) in [6.45, 7) is 0.193. The second-order valence-corrected chi connectivity index (χ2v) is 10.1. The maximum absolute atomic E-state index is 13.9. The van der Waals surface area contributed by atoms with Gasteiger partial charge in [0.2, 0.25) is 11.9 Å². The molecule has 3 aromatic heterocycles. The minimum atomic E-state index is -4.73. The van der Waals surface area contributed by atoms with Crippen molar-refractivity contribution >= 4 is 30.5 Å².